The average Bonchev–Trinajstić information content (AvgIpc) is 2.74. The minimum atomic E-state index is -0.0407. The average molecular weight is 284 g/mol. The van der Waals surface area contributed by atoms with E-state index in [-0.39, 0.29) is 5.91 Å². The number of hydrogen-bond donors (Lipinski definition) is 0. The third-order valence-electron chi connectivity index (χ3n) is 3.93. The molecule has 0 N–H and O–H groups in total. The van der Waals surface area contributed by atoms with Gasteiger partial charge in [-0.05, 0) is 51.3 Å². The van der Waals surface area contributed by atoms with E-state index < -0.39 is 0 Å². The van der Waals surface area contributed by atoms with Crippen molar-refractivity contribution in [2.24, 2.45) is 0 Å². The SMILES string of the molecule is CCCCCc1c(C)nn(C(=O)c2cccc(C)c2)c1C. The summed E-state index contributed by atoms with van der Waals surface area (Å²) in [6.45, 7) is 8.18. The molecule has 0 aliphatic carbocycles. The number of carbonyl (C=O) groups is 1. The monoisotopic (exact) mass is 284 g/mol. The summed E-state index contributed by atoms with van der Waals surface area (Å²) in [5, 5.41) is 4.46. The second kappa shape index (κ2) is 6.70. The summed E-state index contributed by atoms with van der Waals surface area (Å²) in [7, 11) is 0. The van der Waals surface area contributed by atoms with Gasteiger partial charge in [-0.2, -0.15) is 5.10 Å². The Morgan fingerprint density at radius 3 is 2.62 bits per heavy atom. The van der Waals surface area contributed by atoms with Crippen LogP contribution in [0.25, 0.3) is 0 Å². The van der Waals surface area contributed by atoms with Crippen molar-refractivity contribution in [3.8, 4) is 0 Å². The summed E-state index contributed by atoms with van der Waals surface area (Å²) >= 11 is 0. The zero-order chi connectivity index (χ0) is 15.4. The molecule has 0 radical (unpaired) electrons. The lowest BCUT2D eigenvalue weighted by Crippen LogP contribution is -2.15. The van der Waals surface area contributed by atoms with Crippen LogP contribution in [0.15, 0.2) is 24.3 Å². The molecule has 2 rings (SSSR count). The smallest absolute Gasteiger partial charge is 0.267 e. The molecule has 0 aliphatic rings. The quantitative estimate of drug-likeness (QED) is 0.770. The number of unbranched alkanes of at least 4 members (excludes halogenated alkanes) is 2. The summed E-state index contributed by atoms with van der Waals surface area (Å²) in [5.41, 5.74) is 4.97. The maximum absolute atomic E-state index is 12.6. The number of hydrogen-bond acceptors (Lipinski definition) is 2. The van der Waals surface area contributed by atoms with Crippen LogP contribution in [-0.2, 0) is 6.42 Å². The summed E-state index contributed by atoms with van der Waals surface area (Å²) in [6.07, 6.45) is 4.58. The first-order chi connectivity index (χ1) is 10.0. The Kier molecular flexibility index (Phi) is 4.94. The third kappa shape index (κ3) is 3.41. The van der Waals surface area contributed by atoms with E-state index in [4.69, 9.17) is 0 Å². The number of rotatable bonds is 5. The Hall–Kier alpha value is -1.90. The predicted molar refractivity (Wildman–Crippen MR) is 85.8 cm³/mol. The molecule has 0 spiro atoms. The van der Waals surface area contributed by atoms with Gasteiger partial charge in [0, 0.05) is 11.3 Å². The molecule has 0 saturated heterocycles. The van der Waals surface area contributed by atoms with Crippen LogP contribution in [0.4, 0.5) is 0 Å². The van der Waals surface area contributed by atoms with Gasteiger partial charge in [0.15, 0.2) is 0 Å². The van der Waals surface area contributed by atoms with Crippen LogP contribution in [0.1, 0.15) is 59.1 Å². The molecular formula is C18H24N2O. The van der Waals surface area contributed by atoms with Gasteiger partial charge in [-0.25, -0.2) is 4.68 Å². The lowest BCUT2D eigenvalue weighted by molar-refractivity contribution is 0.0942. The van der Waals surface area contributed by atoms with Gasteiger partial charge in [-0.15, -0.1) is 0 Å². The van der Waals surface area contributed by atoms with Crippen molar-refractivity contribution < 1.29 is 4.79 Å². The van der Waals surface area contributed by atoms with Crippen molar-refractivity contribution in [1.82, 2.24) is 9.78 Å². The first-order valence-electron chi connectivity index (χ1n) is 7.71. The first kappa shape index (κ1) is 15.5. The van der Waals surface area contributed by atoms with Crippen LogP contribution in [0.2, 0.25) is 0 Å². The first-order valence-corrected chi connectivity index (χ1v) is 7.71. The molecule has 3 nitrogen and oxygen atoms in total. The second-order valence-electron chi connectivity index (χ2n) is 5.69. The van der Waals surface area contributed by atoms with Crippen molar-refractivity contribution in [2.75, 3.05) is 0 Å². The van der Waals surface area contributed by atoms with E-state index in [1.165, 1.54) is 18.4 Å². The van der Waals surface area contributed by atoms with Crippen molar-refractivity contribution in [2.45, 2.75) is 53.4 Å². The third-order valence-corrected chi connectivity index (χ3v) is 3.93. The Morgan fingerprint density at radius 2 is 1.95 bits per heavy atom. The molecule has 1 aromatic heterocycles. The van der Waals surface area contributed by atoms with Crippen LogP contribution < -0.4 is 0 Å². The highest BCUT2D eigenvalue weighted by Crippen LogP contribution is 2.18. The van der Waals surface area contributed by atoms with Crippen molar-refractivity contribution in [1.29, 1.82) is 0 Å². The fourth-order valence-corrected chi connectivity index (χ4v) is 2.69. The van der Waals surface area contributed by atoms with Gasteiger partial charge in [0.05, 0.1) is 5.69 Å². The Morgan fingerprint density at radius 1 is 1.19 bits per heavy atom. The lowest BCUT2D eigenvalue weighted by atomic mass is 10.1. The van der Waals surface area contributed by atoms with E-state index in [0.29, 0.717) is 5.56 Å². The largest absolute Gasteiger partial charge is 0.278 e. The molecule has 0 fully saturated rings. The number of benzene rings is 1. The van der Waals surface area contributed by atoms with E-state index in [1.54, 1.807) is 4.68 Å². The van der Waals surface area contributed by atoms with Gasteiger partial charge in [0.2, 0.25) is 0 Å². The van der Waals surface area contributed by atoms with E-state index >= 15 is 0 Å². The van der Waals surface area contributed by atoms with E-state index in [0.717, 1.165) is 29.8 Å². The second-order valence-corrected chi connectivity index (χ2v) is 5.69. The van der Waals surface area contributed by atoms with Gasteiger partial charge in [0.1, 0.15) is 0 Å². The van der Waals surface area contributed by atoms with E-state index in [9.17, 15) is 4.79 Å². The molecular weight excluding hydrogens is 260 g/mol. The van der Waals surface area contributed by atoms with Crippen LogP contribution in [-0.4, -0.2) is 15.7 Å². The van der Waals surface area contributed by atoms with Crippen molar-refractivity contribution in [3.63, 3.8) is 0 Å². The molecule has 1 aromatic carbocycles. The maximum atomic E-state index is 12.6. The Bertz CT molecular complexity index is 641. The van der Waals surface area contributed by atoms with Crippen LogP contribution >= 0.6 is 0 Å². The van der Waals surface area contributed by atoms with Gasteiger partial charge in [-0.1, -0.05) is 37.5 Å². The number of aryl methyl sites for hydroxylation is 2. The zero-order valence-corrected chi connectivity index (χ0v) is 13.4. The fourth-order valence-electron chi connectivity index (χ4n) is 2.69. The molecule has 0 unspecified atom stereocenters. The molecule has 0 saturated carbocycles. The minimum Gasteiger partial charge on any atom is -0.267 e. The van der Waals surface area contributed by atoms with Crippen molar-refractivity contribution in [3.05, 3.63) is 52.3 Å². The van der Waals surface area contributed by atoms with Crippen molar-refractivity contribution >= 4 is 5.91 Å². The number of aromatic nitrogens is 2. The van der Waals surface area contributed by atoms with E-state index in [1.807, 2.05) is 45.0 Å². The molecule has 112 valence electrons. The van der Waals surface area contributed by atoms with Gasteiger partial charge < -0.3 is 0 Å². The molecule has 1 heterocycles. The topological polar surface area (TPSA) is 34.9 Å². The number of nitrogens with zero attached hydrogens (tertiary/aromatic N) is 2. The van der Waals surface area contributed by atoms with Gasteiger partial charge in [0.25, 0.3) is 5.91 Å². The normalized spacial score (nSPS) is 10.9. The highest BCUT2D eigenvalue weighted by Gasteiger charge is 2.17. The molecule has 0 atom stereocenters. The summed E-state index contributed by atoms with van der Waals surface area (Å²) in [5.74, 6) is -0.0407. The highest BCUT2D eigenvalue weighted by molar-refractivity contribution is 5.96. The van der Waals surface area contributed by atoms with Crippen LogP contribution in [0.3, 0.4) is 0 Å². The molecule has 2 aromatic rings. The fraction of sp³-hybridized carbons (Fsp3) is 0.444. The summed E-state index contributed by atoms with van der Waals surface area (Å²) < 4.78 is 1.56. The summed E-state index contributed by atoms with van der Waals surface area (Å²) in [6, 6.07) is 7.67. The van der Waals surface area contributed by atoms with Crippen LogP contribution in [0, 0.1) is 20.8 Å². The molecule has 21 heavy (non-hydrogen) atoms. The number of carbonyl (C=O) groups excluding carboxylic acids is 1. The minimum absolute atomic E-state index is 0.0407. The lowest BCUT2D eigenvalue weighted by Gasteiger charge is -2.05. The maximum Gasteiger partial charge on any atom is 0.278 e. The van der Waals surface area contributed by atoms with Gasteiger partial charge >= 0.3 is 0 Å². The molecule has 0 amide bonds. The van der Waals surface area contributed by atoms with Gasteiger partial charge in [-0.3, -0.25) is 4.79 Å². The zero-order valence-electron chi connectivity index (χ0n) is 13.4. The van der Waals surface area contributed by atoms with Crippen LogP contribution in [0.5, 0.6) is 0 Å². The Labute approximate surface area is 127 Å². The standard InChI is InChI=1S/C18H24N2O/c1-5-6-7-11-17-14(3)19-20(15(17)4)18(21)16-10-8-9-13(2)12-16/h8-10,12H,5-7,11H2,1-4H3. The molecule has 0 bridgehead atoms. The molecule has 0 aliphatic heterocycles. The highest BCUT2D eigenvalue weighted by atomic mass is 16.2. The molecule has 3 heteroatoms. The van der Waals surface area contributed by atoms with E-state index in [2.05, 4.69) is 12.0 Å². The predicted octanol–water partition coefficient (Wildman–Crippen LogP) is 4.23. The summed E-state index contributed by atoms with van der Waals surface area (Å²) in [4.78, 5) is 12.6. The Balaban J connectivity index is 2.28.